The van der Waals surface area contributed by atoms with E-state index in [1.807, 2.05) is 42.5 Å². The van der Waals surface area contributed by atoms with E-state index in [-0.39, 0.29) is 23.3 Å². The molecule has 2 aliphatic rings. The highest BCUT2D eigenvalue weighted by molar-refractivity contribution is 7.98. The van der Waals surface area contributed by atoms with Gasteiger partial charge >= 0.3 is 0 Å². The third-order valence-corrected chi connectivity index (χ3v) is 8.12. The molecule has 1 saturated carbocycles. The SMILES string of the molecule is CC(C)(C)NSN1CCCc2c(NC(=O)C(Cc3ccccc3)NC(=O)C3CCCCC3)cccc21. The van der Waals surface area contributed by atoms with E-state index in [0.717, 1.165) is 67.6 Å². The Kier molecular flexibility index (Phi) is 8.96. The molecule has 4 rings (SSSR count). The number of rotatable bonds is 8. The summed E-state index contributed by atoms with van der Waals surface area (Å²) in [6, 6.07) is 15.4. The zero-order valence-corrected chi connectivity index (χ0v) is 22.6. The van der Waals surface area contributed by atoms with Gasteiger partial charge in [0, 0.05) is 42.2 Å². The van der Waals surface area contributed by atoms with E-state index in [4.69, 9.17) is 0 Å². The monoisotopic (exact) mass is 508 g/mol. The lowest BCUT2D eigenvalue weighted by molar-refractivity contribution is -0.130. The van der Waals surface area contributed by atoms with E-state index in [1.54, 1.807) is 12.1 Å². The predicted molar refractivity (Wildman–Crippen MR) is 150 cm³/mol. The summed E-state index contributed by atoms with van der Waals surface area (Å²) in [6.45, 7) is 7.40. The van der Waals surface area contributed by atoms with Gasteiger partial charge < -0.3 is 14.9 Å². The van der Waals surface area contributed by atoms with Gasteiger partial charge in [0.05, 0.1) is 5.69 Å². The number of hydrogen-bond acceptors (Lipinski definition) is 5. The standard InChI is InChI=1S/C29H40N4O2S/c1-29(2,3)32-36-33-19-11-16-23-24(17-10-18-26(23)33)30-28(35)25(20-21-12-6-4-7-13-21)31-27(34)22-14-8-5-9-15-22/h4,6-7,10,12-13,17-18,22,25,32H,5,8-9,11,14-16,19-20H2,1-3H3,(H,30,35)(H,31,34). The maximum atomic E-state index is 13.6. The third-order valence-electron chi connectivity index (χ3n) is 6.82. The first-order valence-electron chi connectivity index (χ1n) is 13.3. The maximum absolute atomic E-state index is 13.6. The van der Waals surface area contributed by atoms with Gasteiger partial charge in [-0.3, -0.25) is 9.59 Å². The van der Waals surface area contributed by atoms with Crippen LogP contribution in [0.1, 0.15) is 70.4 Å². The Bertz CT molecular complexity index is 1030. The van der Waals surface area contributed by atoms with Gasteiger partial charge in [-0.2, -0.15) is 0 Å². The number of anilines is 2. The molecule has 0 radical (unpaired) electrons. The van der Waals surface area contributed by atoms with Crippen LogP contribution in [0.3, 0.4) is 0 Å². The number of amides is 2. The summed E-state index contributed by atoms with van der Waals surface area (Å²) in [5, 5.41) is 6.29. The largest absolute Gasteiger partial charge is 0.344 e. The Hall–Kier alpha value is -2.51. The van der Waals surface area contributed by atoms with Gasteiger partial charge in [-0.25, -0.2) is 4.72 Å². The predicted octanol–water partition coefficient (Wildman–Crippen LogP) is 5.64. The minimum absolute atomic E-state index is 0.00466. The Labute approximate surface area is 220 Å². The zero-order valence-electron chi connectivity index (χ0n) is 21.8. The second kappa shape index (κ2) is 12.2. The van der Waals surface area contributed by atoms with E-state index >= 15 is 0 Å². The molecule has 2 amide bonds. The van der Waals surface area contributed by atoms with Crippen molar-refractivity contribution < 1.29 is 9.59 Å². The third kappa shape index (κ3) is 7.26. The molecule has 1 unspecified atom stereocenters. The summed E-state index contributed by atoms with van der Waals surface area (Å²) in [5.74, 6) is -0.138. The first-order chi connectivity index (χ1) is 17.3. The van der Waals surface area contributed by atoms with Gasteiger partial charge in [-0.15, -0.1) is 0 Å². The number of nitrogens with zero attached hydrogens (tertiary/aromatic N) is 1. The Morgan fingerprint density at radius 2 is 1.75 bits per heavy atom. The molecule has 6 nitrogen and oxygen atoms in total. The average Bonchev–Trinajstić information content (AvgIpc) is 2.88. The van der Waals surface area contributed by atoms with Gasteiger partial charge in [0.2, 0.25) is 11.8 Å². The number of hydrogen-bond donors (Lipinski definition) is 3. The van der Waals surface area contributed by atoms with Crippen molar-refractivity contribution in [1.29, 1.82) is 0 Å². The van der Waals surface area contributed by atoms with Crippen molar-refractivity contribution in [3.8, 4) is 0 Å². The first-order valence-corrected chi connectivity index (χ1v) is 14.1. The van der Waals surface area contributed by atoms with Gasteiger partial charge in [-0.05, 0) is 69.7 Å². The fraction of sp³-hybridized carbons (Fsp3) is 0.517. The van der Waals surface area contributed by atoms with Crippen LogP contribution in [0, 0.1) is 5.92 Å². The van der Waals surface area contributed by atoms with Gasteiger partial charge in [-0.1, -0.05) is 55.7 Å². The van der Waals surface area contributed by atoms with Crippen LogP contribution in [-0.4, -0.2) is 29.9 Å². The molecular weight excluding hydrogens is 468 g/mol. The fourth-order valence-electron chi connectivity index (χ4n) is 4.93. The molecule has 2 aromatic rings. The molecule has 1 aliphatic carbocycles. The average molecular weight is 509 g/mol. The fourth-order valence-corrected chi connectivity index (χ4v) is 5.80. The Balaban J connectivity index is 1.51. The minimum Gasteiger partial charge on any atom is -0.344 e. The van der Waals surface area contributed by atoms with Crippen molar-refractivity contribution >= 4 is 35.3 Å². The molecule has 36 heavy (non-hydrogen) atoms. The van der Waals surface area contributed by atoms with Crippen LogP contribution in [0.25, 0.3) is 0 Å². The highest BCUT2D eigenvalue weighted by Crippen LogP contribution is 2.36. The second-order valence-corrected chi connectivity index (χ2v) is 11.9. The summed E-state index contributed by atoms with van der Waals surface area (Å²) in [4.78, 5) is 26.7. The van der Waals surface area contributed by atoms with Crippen LogP contribution < -0.4 is 19.7 Å². The van der Waals surface area contributed by atoms with E-state index in [2.05, 4.69) is 46.5 Å². The van der Waals surface area contributed by atoms with Crippen molar-refractivity contribution in [2.45, 2.75) is 83.7 Å². The number of carbonyl (C=O) groups is 2. The highest BCUT2D eigenvalue weighted by atomic mass is 32.2. The van der Waals surface area contributed by atoms with Crippen molar-refractivity contribution in [3.05, 3.63) is 59.7 Å². The molecule has 1 aliphatic heterocycles. The molecule has 1 fully saturated rings. The zero-order chi connectivity index (χ0) is 25.5. The Morgan fingerprint density at radius 3 is 2.47 bits per heavy atom. The van der Waals surface area contributed by atoms with Gasteiger partial charge in [0.15, 0.2) is 0 Å². The molecule has 194 valence electrons. The highest BCUT2D eigenvalue weighted by Gasteiger charge is 2.28. The maximum Gasteiger partial charge on any atom is 0.247 e. The van der Waals surface area contributed by atoms with E-state index in [1.165, 1.54) is 6.42 Å². The van der Waals surface area contributed by atoms with Crippen LogP contribution in [-0.2, 0) is 22.4 Å². The first kappa shape index (κ1) is 26.6. The molecule has 1 atom stereocenters. The quantitative estimate of drug-likeness (QED) is 0.403. The number of nitrogens with one attached hydrogen (secondary N) is 3. The van der Waals surface area contributed by atoms with Crippen molar-refractivity contribution in [1.82, 2.24) is 10.0 Å². The van der Waals surface area contributed by atoms with Crippen molar-refractivity contribution in [2.24, 2.45) is 5.92 Å². The molecular formula is C29H40N4O2S. The Morgan fingerprint density at radius 1 is 1.00 bits per heavy atom. The summed E-state index contributed by atoms with van der Waals surface area (Å²) in [6.07, 6.45) is 7.59. The normalized spacial score (nSPS) is 17.2. The van der Waals surface area contributed by atoms with Crippen molar-refractivity contribution in [2.75, 3.05) is 16.2 Å². The lowest BCUT2D eigenvalue weighted by atomic mass is 9.88. The summed E-state index contributed by atoms with van der Waals surface area (Å²) >= 11 is 1.62. The number of fused-ring (bicyclic) bond motifs is 1. The second-order valence-electron chi connectivity index (χ2n) is 11.0. The van der Waals surface area contributed by atoms with Crippen LogP contribution in [0.5, 0.6) is 0 Å². The van der Waals surface area contributed by atoms with Crippen LogP contribution >= 0.6 is 12.1 Å². The van der Waals surface area contributed by atoms with Gasteiger partial charge in [0.1, 0.15) is 6.04 Å². The lowest BCUT2D eigenvalue weighted by Gasteiger charge is -2.33. The summed E-state index contributed by atoms with van der Waals surface area (Å²) in [7, 11) is 0. The molecule has 0 saturated heterocycles. The molecule has 0 spiro atoms. The number of carbonyl (C=O) groups excluding carboxylic acids is 2. The lowest BCUT2D eigenvalue weighted by Crippen LogP contribution is -2.47. The molecule has 3 N–H and O–H groups in total. The molecule has 7 heteroatoms. The van der Waals surface area contributed by atoms with Crippen LogP contribution in [0.2, 0.25) is 0 Å². The smallest absolute Gasteiger partial charge is 0.247 e. The van der Waals surface area contributed by atoms with Crippen LogP contribution in [0.15, 0.2) is 48.5 Å². The molecule has 0 bridgehead atoms. The molecule has 2 aromatic carbocycles. The minimum atomic E-state index is -0.616. The molecule has 1 heterocycles. The van der Waals surface area contributed by atoms with E-state index in [0.29, 0.717) is 6.42 Å². The summed E-state index contributed by atoms with van der Waals surface area (Å²) < 4.78 is 5.77. The van der Waals surface area contributed by atoms with E-state index in [9.17, 15) is 9.59 Å². The van der Waals surface area contributed by atoms with Gasteiger partial charge in [0.25, 0.3) is 0 Å². The summed E-state index contributed by atoms with van der Waals surface area (Å²) in [5.41, 5.74) is 4.15. The van der Waals surface area contributed by atoms with Crippen LogP contribution in [0.4, 0.5) is 11.4 Å². The number of benzene rings is 2. The topological polar surface area (TPSA) is 73.5 Å². The van der Waals surface area contributed by atoms with E-state index < -0.39 is 6.04 Å². The van der Waals surface area contributed by atoms with Crippen molar-refractivity contribution in [3.63, 3.8) is 0 Å². The molecule has 0 aromatic heterocycles.